The van der Waals surface area contributed by atoms with E-state index in [9.17, 15) is 22.0 Å². The molecule has 0 saturated heterocycles. The molecule has 1 aromatic carbocycles. The normalized spacial score (nSPS) is 11.2. The van der Waals surface area contributed by atoms with Crippen LogP contribution in [0.25, 0.3) is 0 Å². The molecular formula is C43H79BF5NO3. The van der Waals surface area contributed by atoms with E-state index in [4.69, 9.17) is 5.02 Å². The molecule has 1 aromatic rings. The molecule has 0 fully saturated rings. The van der Waals surface area contributed by atoms with Crippen LogP contribution in [0.1, 0.15) is 219 Å². The highest BCUT2D eigenvalue weighted by molar-refractivity contribution is 6.35. The van der Waals surface area contributed by atoms with Crippen molar-refractivity contribution in [2.45, 2.75) is 219 Å². The van der Waals surface area contributed by atoms with Gasteiger partial charge in [0.15, 0.2) is 5.75 Å². The second-order valence-corrected chi connectivity index (χ2v) is 14.9. The zero-order valence-corrected chi connectivity index (χ0v) is 34.3. The van der Waals surface area contributed by atoms with Crippen LogP contribution in [0.2, 0.25) is 0 Å². The van der Waals surface area contributed by atoms with Crippen molar-refractivity contribution in [3.8, 4) is 5.75 Å². The van der Waals surface area contributed by atoms with Gasteiger partial charge in [-0.25, -0.2) is 13.2 Å². The third-order valence-electron chi connectivity index (χ3n) is 10.0. The maximum Gasteiger partial charge on any atom is 0.710 e. The van der Waals surface area contributed by atoms with Crippen LogP contribution in [-0.4, -0.2) is 32.5 Å². The second kappa shape index (κ2) is 38.9. The zero-order chi connectivity index (χ0) is 39.2. The van der Waals surface area contributed by atoms with Crippen LogP contribution < -0.4 is 9.97 Å². The molecule has 0 aliphatic rings. The van der Waals surface area contributed by atoms with Crippen molar-refractivity contribution >= 4 is 7.32 Å². The SMILES string of the molecule is CCCCCCCCCCCCCCCCCCNCCCCCCCCCCCCCCCCCC.COB(O)Oc1c(F)c(F)c(F)c(F)c1F. The summed E-state index contributed by atoms with van der Waals surface area (Å²) in [6.07, 6.45) is 46.7. The number of hydrogen-bond acceptors (Lipinski definition) is 4. The molecule has 0 aromatic heterocycles. The number of nitrogens with one attached hydrogen (secondary N) is 1. The van der Waals surface area contributed by atoms with E-state index >= 15 is 0 Å². The molecule has 4 nitrogen and oxygen atoms in total. The summed E-state index contributed by atoms with van der Waals surface area (Å²) in [6, 6.07) is 0. The van der Waals surface area contributed by atoms with Crippen molar-refractivity contribution in [1.82, 2.24) is 5.32 Å². The molecule has 0 bridgehead atoms. The first-order valence-corrected chi connectivity index (χ1v) is 21.9. The van der Waals surface area contributed by atoms with Gasteiger partial charge in [0, 0.05) is 7.11 Å². The summed E-state index contributed by atoms with van der Waals surface area (Å²) in [5, 5.41) is 12.4. The molecule has 312 valence electrons. The Hall–Kier alpha value is -1.39. The Morgan fingerprint density at radius 2 is 0.623 bits per heavy atom. The Morgan fingerprint density at radius 1 is 0.396 bits per heavy atom. The molecule has 0 aliphatic heterocycles. The monoisotopic (exact) mass is 764 g/mol. The average molecular weight is 764 g/mol. The molecule has 0 saturated carbocycles. The third kappa shape index (κ3) is 30.5. The molecule has 2 N–H and O–H groups in total. The number of hydrogen-bond donors (Lipinski definition) is 2. The van der Waals surface area contributed by atoms with Crippen LogP contribution in [0.4, 0.5) is 22.0 Å². The maximum atomic E-state index is 12.9. The largest absolute Gasteiger partial charge is 0.710 e. The lowest BCUT2D eigenvalue weighted by molar-refractivity contribution is 0.224. The van der Waals surface area contributed by atoms with E-state index in [1.165, 1.54) is 219 Å². The minimum absolute atomic E-state index is 0.900. The van der Waals surface area contributed by atoms with Crippen LogP contribution in [0.3, 0.4) is 0 Å². The first-order chi connectivity index (χ1) is 25.8. The number of halogens is 5. The zero-order valence-electron chi connectivity index (χ0n) is 34.3. The fourth-order valence-electron chi connectivity index (χ4n) is 6.56. The predicted octanol–water partition coefficient (Wildman–Crippen LogP) is 14.5. The number of unbranched alkanes of at least 4 members (excludes halogenated alkanes) is 30. The molecule has 1 rings (SSSR count). The Labute approximate surface area is 322 Å². The molecule has 0 unspecified atom stereocenters. The minimum Gasteiger partial charge on any atom is -0.507 e. The lowest BCUT2D eigenvalue weighted by Crippen LogP contribution is -2.26. The van der Waals surface area contributed by atoms with E-state index in [0.29, 0.717) is 0 Å². The van der Waals surface area contributed by atoms with Gasteiger partial charge >= 0.3 is 7.32 Å². The Kier molecular flexibility index (Phi) is 37.9. The van der Waals surface area contributed by atoms with E-state index in [1.807, 2.05) is 0 Å². The van der Waals surface area contributed by atoms with Crippen LogP contribution in [-0.2, 0) is 4.65 Å². The van der Waals surface area contributed by atoms with Gasteiger partial charge in [-0.2, -0.15) is 8.78 Å². The summed E-state index contributed by atoms with van der Waals surface area (Å²) in [5.74, 6) is -12.6. The lowest BCUT2D eigenvalue weighted by atomic mass is 10.0. The summed E-state index contributed by atoms with van der Waals surface area (Å²) < 4.78 is 71.5. The summed E-state index contributed by atoms with van der Waals surface area (Å²) >= 11 is 0. The summed E-state index contributed by atoms with van der Waals surface area (Å²) in [5.41, 5.74) is 0. The van der Waals surface area contributed by atoms with Gasteiger partial charge < -0.3 is 19.6 Å². The first kappa shape index (κ1) is 51.6. The highest BCUT2D eigenvalue weighted by Crippen LogP contribution is 2.29. The van der Waals surface area contributed by atoms with E-state index in [1.54, 1.807) is 0 Å². The van der Waals surface area contributed by atoms with E-state index in [0.717, 1.165) is 7.11 Å². The highest BCUT2D eigenvalue weighted by atomic mass is 19.2. The fourth-order valence-corrected chi connectivity index (χ4v) is 6.56. The molecule has 0 amide bonds. The maximum absolute atomic E-state index is 12.9. The smallest absolute Gasteiger partial charge is 0.507 e. The summed E-state index contributed by atoms with van der Waals surface area (Å²) in [4.78, 5) is 0. The molecule has 0 radical (unpaired) electrons. The predicted molar refractivity (Wildman–Crippen MR) is 214 cm³/mol. The van der Waals surface area contributed by atoms with E-state index in [-0.39, 0.29) is 0 Å². The molecule has 53 heavy (non-hydrogen) atoms. The molecular weight excluding hydrogens is 684 g/mol. The van der Waals surface area contributed by atoms with Gasteiger partial charge in [0.1, 0.15) is 0 Å². The number of benzene rings is 1. The van der Waals surface area contributed by atoms with Gasteiger partial charge in [0.05, 0.1) is 0 Å². The van der Waals surface area contributed by atoms with Crippen molar-refractivity contribution in [2.24, 2.45) is 0 Å². The number of rotatable bonds is 37. The highest BCUT2D eigenvalue weighted by Gasteiger charge is 2.30. The summed E-state index contributed by atoms with van der Waals surface area (Å²) in [6.45, 7) is 7.11. The quantitative estimate of drug-likeness (QED) is 0.0233. The first-order valence-electron chi connectivity index (χ1n) is 21.9. The standard InChI is InChI=1S/C36H75N.C7H4BF5O3/c1-3-5-7-9-11-13-15-17-19-21-23-25-27-29-31-33-35-37-36-34-32-30-28-26-24-22-20-18-16-14-12-10-8-6-4-2;1-15-8(14)16-7-5(12)3(10)2(9)4(11)6(7)13/h37H,3-36H2,1-2H3;14H,1H3. The molecule has 0 atom stereocenters. The second-order valence-electron chi connectivity index (χ2n) is 14.9. The van der Waals surface area contributed by atoms with E-state index in [2.05, 4.69) is 28.5 Å². The molecule has 10 heteroatoms. The third-order valence-corrected chi connectivity index (χ3v) is 10.0. The summed E-state index contributed by atoms with van der Waals surface area (Å²) in [7, 11) is -1.25. The average Bonchev–Trinajstić information content (AvgIpc) is 3.17. The lowest BCUT2D eigenvalue weighted by Gasteiger charge is -2.10. The van der Waals surface area contributed by atoms with Crippen LogP contribution in [0.5, 0.6) is 5.75 Å². The van der Waals surface area contributed by atoms with Gasteiger partial charge in [-0.3, -0.25) is 0 Å². The minimum atomic E-state index is -2.31. The molecule has 0 aliphatic carbocycles. The van der Waals surface area contributed by atoms with Crippen LogP contribution in [0, 0.1) is 29.1 Å². The van der Waals surface area contributed by atoms with Crippen molar-refractivity contribution in [3.63, 3.8) is 0 Å². The Bertz CT molecular complexity index is 883. The van der Waals surface area contributed by atoms with Crippen LogP contribution in [0.15, 0.2) is 0 Å². The van der Waals surface area contributed by atoms with Crippen molar-refractivity contribution in [1.29, 1.82) is 0 Å². The van der Waals surface area contributed by atoms with Gasteiger partial charge in [-0.1, -0.05) is 206 Å². The van der Waals surface area contributed by atoms with Crippen molar-refractivity contribution in [2.75, 3.05) is 20.2 Å². The Morgan fingerprint density at radius 3 is 0.868 bits per heavy atom. The van der Waals surface area contributed by atoms with Gasteiger partial charge in [-0.15, -0.1) is 0 Å². The van der Waals surface area contributed by atoms with Gasteiger partial charge in [-0.05, 0) is 25.9 Å². The van der Waals surface area contributed by atoms with Gasteiger partial charge in [0.2, 0.25) is 29.1 Å². The van der Waals surface area contributed by atoms with Crippen molar-refractivity contribution in [3.05, 3.63) is 29.1 Å². The van der Waals surface area contributed by atoms with Crippen LogP contribution >= 0.6 is 0 Å². The molecule has 0 heterocycles. The Balaban J connectivity index is 0.00000139. The topological polar surface area (TPSA) is 50.7 Å². The van der Waals surface area contributed by atoms with Gasteiger partial charge in [0.25, 0.3) is 0 Å². The van der Waals surface area contributed by atoms with Crippen molar-refractivity contribution < 1.29 is 36.3 Å². The molecule has 0 spiro atoms. The van der Waals surface area contributed by atoms with E-state index < -0.39 is 42.2 Å². The fraction of sp³-hybridized carbons (Fsp3) is 0.860.